The second-order valence-corrected chi connectivity index (χ2v) is 7.13. The number of hydrogen-bond acceptors (Lipinski definition) is 4. The Balaban J connectivity index is 1.56. The first-order valence-electron chi connectivity index (χ1n) is 10.4. The van der Waals surface area contributed by atoms with Crippen LogP contribution < -0.4 is 15.4 Å². The quantitative estimate of drug-likeness (QED) is 0.373. The molecular formula is C27H22N2O4. The molecule has 6 heteroatoms. The van der Waals surface area contributed by atoms with E-state index in [1.807, 2.05) is 54.6 Å². The third-order valence-corrected chi connectivity index (χ3v) is 4.68. The molecule has 33 heavy (non-hydrogen) atoms. The summed E-state index contributed by atoms with van der Waals surface area (Å²) in [4.78, 5) is 25.6. The molecule has 1 aromatic heterocycles. The Morgan fingerprint density at radius 2 is 1.55 bits per heavy atom. The lowest BCUT2D eigenvalue weighted by Gasteiger charge is -2.11. The minimum Gasteiger partial charge on any atom is -0.467 e. The first-order chi connectivity index (χ1) is 16.2. The Bertz CT molecular complexity index is 1230. The van der Waals surface area contributed by atoms with E-state index in [9.17, 15) is 9.59 Å². The van der Waals surface area contributed by atoms with Crippen LogP contribution in [0.3, 0.4) is 0 Å². The standard InChI is InChI=1S/C27H22N2O4/c30-26(21-10-3-1-4-11-21)29-25(27(31)28-19-24-15-8-16-32-24)18-20-9-7-14-23(17-20)33-22-12-5-2-6-13-22/h1-18H,19H2,(H,28,31)(H,29,30). The molecule has 0 atom stereocenters. The van der Waals surface area contributed by atoms with E-state index in [0.29, 0.717) is 28.4 Å². The van der Waals surface area contributed by atoms with Gasteiger partial charge in [-0.25, -0.2) is 0 Å². The summed E-state index contributed by atoms with van der Waals surface area (Å²) in [6.45, 7) is 0.196. The van der Waals surface area contributed by atoms with E-state index >= 15 is 0 Å². The van der Waals surface area contributed by atoms with Crippen LogP contribution in [-0.4, -0.2) is 11.8 Å². The van der Waals surface area contributed by atoms with Gasteiger partial charge in [0, 0.05) is 5.56 Å². The van der Waals surface area contributed by atoms with Crippen LogP contribution in [0.25, 0.3) is 6.08 Å². The van der Waals surface area contributed by atoms with Crippen LogP contribution in [0.4, 0.5) is 0 Å². The van der Waals surface area contributed by atoms with E-state index in [4.69, 9.17) is 9.15 Å². The van der Waals surface area contributed by atoms with Gasteiger partial charge in [0.05, 0.1) is 12.8 Å². The summed E-state index contributed by atoms with van der Waals surface area (Å²) in [7, 11) is 0. The number of hydrogen-bond donors (Lipinski definition) is 2. The summed E-state index contributed by atoms with van der Waals surface area (Å²) in [6.07, 6.45) is 3.14. The number of furan rings is 1. The summed E-state index contributed by atoms with van der Waals surface area (Å²) in [5.74, 6) is 1.10. The summed E-state index contributed by atoms with van der Waals surface area (Å²) in [6, 6.07) is 28.9. The van der Waals surface area contributed by atoms with Gasteiger partial charge in [-0.05, 0) is 60.2 Å². The Morgan fingerprint density at radius 1 is 0.818 bits per heavy atom. The second kappa shape index (κ2) is 10.6. The molecular weight excluding hydrogens is 416 g/mol. The van der Waals surface area contributed by atoms with Gasteiger partial charge >= 0.3 is 0 Å². The van der Waals surface area contributed by atoms with Crippen LogP contribution in [0, 0.1) is 0 Å². The number of benzene rings is 3. The van der Waals surface area contributed by atoms with Crippen molar-refractivity contribution in [2.75, 3.05) is 0 Å². The first-order valence-corrected chi connectivity index (χ1v) is 10.4. The molecule has 0 radical (unpaired) electrons. The van der Waals surface area contributed by atoms with Crippen molar-refractivity contribution in [3.05, 3.63) is 126 Å². The van der Waals surface area contributed by atoms with Crippen molar-refractivity contribution in [1.82, 2.24) is 10.6 Å². The van der Waals surface area contributed by atoms with E-state index in [2.05, 4.69) is 10.6 Å². The third-order valence-electron chi connectivity index (χ3n) is 4.68. The van der Waals surface area contributed by atoms with Crippen LogP contribution in [0.2, 0.25) is 0 Å². The summed E-state index contributed by atoms with van der Waals surface area (Å²) in [5.41, 5.74) is 1.25. The van der Waals surface area contributed by atoms with Crippen LogP contribution in [0.15, 0.2) is 113 Å². The van der Waals surface area contributed by atoms with Gasteiger partial charge in [-0.15, -0.1) is 0 Å². The van der Waals surface area contributed by atoms with Crippen molar-refractivity contribution in [2.24, 2.45) is 0 Å². The summed E-state index contributed by atoms with van der Waals surface area (Å²) < 4.78 is 11.1. The molecule has 0 aliphatic carbocycles. The second-order valence-electron chi connectivity index (χ2n) is 7.13. The number of nitrogens with one attached hydrogen (secondary N) is 2. The zero-order valence-corrected chi connectivity index (χ0v) is 17.7. The van der Waals surface area contributed by atoms with Gasteiger partial charge in [0.2, 0.25) is 0 Å². The smallest absolute Gasteiger partial charge is 0.268 e. The number of rotatable bonds is 8. The molecule has 0 saturated heterocycles. The van der Waals surface area contributed by atoms with E-state index < -0.39 is 5.91 Å². The Labute approximate surface area is 191 Å². The highest BCUT2D eigenvalue weighted by atomic mass is 16.5. The van der Waals surface area contributed by atoms with Gasteiger partial charge in [0.25, 0.3) is 11.8 Å². The zero-order valence-electron chi connectivity index (χ0n) is 17.7. The average Bonchev–Trinajstić information content (AvgIpc) is 3.37. The largest absolute Gasteiger partial charge is 0.467 e. The molecule has 0 spiro atoms. The van der Waals surface area contributed by atoms with Crippen molar-refractivity contribution in [2.45, 2.75) is 6.54 Å². The maximum atomic E-state index is 12.9. The lowest BCUT2D eigenvalue weighted by molar-refractivity contribution is -0.118. The predicted molar refractivity (Wildman–Crippen MR) is 125 cm³/mol. The molecule has 0 aliphatic rings. The molecule has 2 amide bonds. The molecule has 1 heterocycles. The predicted octanol–water partition coefficient (Wildman–Crippen LogP) is 5.16. The number of ether oxygens (including phenoxy) is 1. The van der Waals surface area contributed by atoms with Gasteiger partial charge < -0.3 is 19.8 Å². The average molecular weight is 438 g/mol. The van der Waals surface area contributed by atoms with Crippen molar-refractivity contribution in [3.63, 3.8) is 0 Å². The van der Waals surface area contributed by atoms with Gasteiger partial charge in [0.15, 0.2) is 0 Å². The number of carbonyl (C=O) groups is 2. The Hall–Kier alpha value is -4.58. The van der Waals surface area contributed by atoms with Crippen molar-refractivity contribution in [3.8, 4) is 11.5 Å². The number of para-hydroxylation sites is 1. The molecule has 4 aromatic rings. The van der Waals surface area contributed by atoms with Crippen LogP contribution >= 0.6 is 0 Å². The van der Waals surface area contributed by atoms with Crippen LogP contribution in [0.5, 0.6) is 11.5 Å². The fourth-order valence-electron chi connectivity index (χ4n) is 3.08. The monoisotopic (exact) mass is 438 g/mol. The van der Waals surface area contributed by atoms with Crippen LogP contribution in [0.1, 0.15) is 21.7 Å². The van der Waals surface area contributed by atoms with E-state index in [1.54, 1.807) is 48.5 Å². The maximum Gasteiger partial charge on any atom is 0.268 e. The fraction of sp³-hybridized carbons (Fsp3) is 0.0370. The zero-order chi connectivity index (χ0) is 22.9. The number of amides is 2. The molecule has 0 aliphatic heterocycles. The molecule has 2 N–H and O–H groups in total. The van der Waals surface area contributed by atoms with Gasteiger partial charge in [0.1, 0.15) is 23.0 Å². The lowest BCUT2D eigenvalue weighted by atomic mass is 10.1. The minimum absolute atomic E-state index is 0.104. The maximum absolute atomic E-state index is 12.9. The molecule has 0 bridgehead atoms. The lowest BCUT2D eigenvalue weighted by Crippen LogP contribution is -2.34. The fourth-order valence-corrected chi connectivity index (χ4v) is 3.08. The summed E-state index contributed by atoms with van der Waals surface area (Å²) >= 11 is 0. The van der Waals surface area contributed by atoms with E-state index in [1.165, 1.54) is 6.26 Å². The Kier molecular flexibility index (Phi) is 6.98. The first kappa shape index (κ1) is 21.6. The minimum atomic E-state index is -0.440. The summed E-state index contributed by atoms with van der Waals surface area (Å²) in [5, 5.41) is 5.49. The normalized spacial score (nSPS) is 11.0. The molecule has 6 nitrogen and oxygen atoms in total. The van der Waals surface area contributed by atoms with Crippen molar-refractivity contribution in [1.29, 1.82) is 0 Å². The van der Waals surface area contributed by atoms with Crippen molar-refractivity contribution < 1.29 is 18.7 Å². The molecule has 0 unspecified atom stereocenters. The highest BCUT2D eigenvalue weighted by Crippen LogP contribution is 2.22. The van der Waals surface area contributed by atoms with E-state index in [0.717, 1.165) is 0 Å². The van der Waals surface area contributed by atoms with Gasteiger partial charge in [-0.1, -0.05) is 48.5 Å². The topological polar surface area (TPSA) is 80.6 Å². The van der Waals surface area contributed by atoms with Gasteiger partial charge in [-0.3, -0.25) is 9.59 Å². The van der Waals surface area contributed by atoms with Crippen molar-refractivity contribution >= 4 is 17.9 Å². The van der Waals surface area contributed by atoms with E-state index in [-0.39, 0.29) is 18.1 Å². The molecule has 0 saturated carbocycles. The SMILES string of the molecule is O=C(NCc1ccco1)C(=Cc1cccc(Oc2ccccc2)c1)NC(=O)c1ccccc1. The highest BCUT2D eigenvalue weighted by molar-refractivity contribution is 6.05. The van der Waals surface area contributed by atoms with Gasteiger partial charge in [-0.2, -0.15) is 0 Å². The molecule has 164 valence electrons. The highest BCUT2D eigenvalue weighted by Gasteiger charge is 2.15. The Morgan fingerprint density at radius 3 is 2.27 bits per heavy atom. The molecule has 3 aromatic carbocycles. The molecule has 0 fully saturated rings. The molecule has 4 rings (SSSR count). The van der Waals surface area contributed by atoms with Crippen LogP contribution in [-0.2, 0) is 11.3 Å². The third kappa shape index (κ3) is 6.21. The number of carbonyl (C=O) groups excluding carboxylic acids is 2.